The van der Waals surface area contributed by atoms with Crippen LogP contribution in [0.4, 0.5) is 5.69 Å². The molecule has 0 aliphatic carbocycles. The molecule has 26 heavy (non-hydrogen) atoms. The zero-order valence-corrected chi connectivity index (χ0v) is 14.1. The van der Waals surface area contributed by atoms with Crippen LogP contribution in [0.2, 0.25) is 0 Å². The van der Waals surface area contributed by atoms with Crippen molar-refractivity contribution in [3.63, 3.8) is 0 Å². The number of methoxy groups -OCH3 is 1. The van der Waals surface area contributed by atoms with E-state index in [1.54, 1.807) is 6.07 Å². The number of amides is 1. The standard InChI is InChI=1S/C19H17NO6/c1-10(21)16-17(11-3-8-14(23)15(9-11)26-2)20(19(25)18(16)24)12-4-6-13(22)7-5-12/h3-9,17,22-24H,1-2H3/t17-/m0/s1. The molecule has 0 aromatic heterocycles. The van der Waals surface area contributed by atoms with Gasteiger partial charge in [-0.25, -0.2) is 0 Å². The van der Waals surface area contributed by atoms with E-state index in [1.807, 2.05) is 0 Å². The highest BCUT2D eigenvalue weighted by Crippen LogP contribution is 2.43. The minimum Gasteiger partial charge on any atom is -0.508 e. The van der Waals surface area contributed by atoms with Gasteiger partial charge in [-0.1, -0.05) is 6.07 Å². The SMILES string of the molecule is COc1cc([C@H]2C(C(C)=O)=C(O)C(=O)N2c2ccc(O)cc2)ccc1O. The summed E-state index contributed by atoms with van der Waals surface area (Å²) in [7, 11) is 1.38. The molecule has 0 saturated carbocycles. The smallest absolute Gasteiger partial charge is 0.294 e. The molecule has 7 nitrogen and oxygen atoms in total. The average molecular weight is 355 g/mol. The fourth-order valence-electron chi connectivity index (χ4n) is 3.02. The number of phenols is 2. The Balaban J connectivity index is 2.19. The van der Waals surface area contributed by atoms with Gasteiger partial charge in [0.15, 0.2) is 23.0 Å². The number of ketones is 1. The third-order valence-corrected chi connectivity index (χ3v) is 4.23. The molecule has 3 N–H and O–H groups in total. The number of Topliss-reactive ketones (excluding diaryl/α,β-unsaturated/α-hetero) is 1. The molecule has 2 aromatic carbocycles. The molecule has 1 aliphatic rings. The van der Waals surface area contributed by atoms with E-state index in [1.165, 1.54) is 55.3 Å². The number of hydrogen-bond acceptors (Lipinski definition) is 6. The number of anilines is 1. The monoisotopic (exact) mass is 355 g/mol. The maximum absolute atomic E-state index is 12.6. The summed E-state index contributed by atoms with van der Waals surface area (Å²) in [5, 5.41) is 29.6. The largest absolute Gasteiger partial charge is 0.508 e. The van der Waals surface area contributed by atoms with Crippen LogP contribution >= 0.6 is 0 Å². The molecule has 0 radical (unpaired) electrons. The third-order valence-electron chi connectivity index (χ3n) is 4.23. The first-order chi connectivity index (χ1) is 12.3. The molecule has 7 heteroatoms. The second kappa shape index (κ2) is 6.44. The van der Waals surface area contributed by atoms with Crippen molar-refractivity contribution in [3.05, 3.63) is 59.4 Å². The lowest BCUT2D eigenvalue weighted by Crippen LogP contribution is -2.30. The van der Waals surface area contributed by atoms with Crippen molar-refractivity contribution in [1.82, 2.24) is 0 Å². The number of ether oxygens (including phenoxy) is 1. The summed E-state index contributed by atoms with van der Waals surface area (Å²) in [4.78, 5) is 26.0. The Kier molecular flexibility index (Phi) is 4.29. The number of nitrogens with zero attached hydrogens (tertiary/aromatic N) is 1. The van der Waals surface area contributed by atoms with Gasteiger partial charge in [0.25, 0.3) is 5.91 Å². The van der Waals surface area contributed by atoms with Crippen LogP contribution in [0.15, 0.2) is 53.8 Å². The van der Waals surface area contributed by atoms with Crippen LogP contribution < -0.4 is 9.64 Å². The summed E-state index contributed by atoms with van der Waals surface area (Å²) in [5.74, 6) is -1.69. The predicted octanol–water partition coefficient (Wildman–Crippen LogP) is 2.60. The first-order valence-electron chi connectivity index (χ1n) is 7.78. The lowest BCUT2D eigenvalue weighted by atomic mass is 9.96. The van der Waals surface area contributed by atoms with Gasteiger partial charge in [0.1, 0.15) is 5.75 Å². The Labute approximate surface area is 149 Å². The van der Waals surface area contributed by atoms with Crippen LogP contribution in [-0.2, 0) is 9.59 Å². The number of aliphatic hydroxyl groups is 1. The van der Waals surface area contributed by atoms with Gasteiger partial charge in [-0.2, -0.15) is 0 Å². The molecule has 0 spiro atoms. The molecule has 1 aliphatic heterocycles. The second-order valence-electron chi connectivity index (χ2n) is 5.84. The van der Waals surface area contributed by atoms with Crippen molar-refractivity contribution in [1.29, 1.82) is 0 Å². The fraction of sp³-hybridized carbons (Fsp3) is 0.158. The summed E-state index contributed by atoms with van der Waals surface area (Å²) in [6, 6.07) is 9.37. The molecule has 0 fully saturated rings. The summed E-state index contributed by atoms with van der Waals surface area (Å²) >= 11 is 0. The molecule has 0 saturated heterocycles. The predicted molar refractivity (Wildman–Crippen MR) is 93.3 cm³/mol. The fourth-order valence-corrected chi connectivity index (χ4v) is 3.02. The van der Waals surface area contributed by atoms with E-state index in [0.717, 1.165) is 0 Å². The van der Waals surface area contributed by atoms with Gasteiger partial charge < -0.3 is 20.1 Å². The molecule has 1 heterocycles. The van der Waals surface area contributed by atoms with Crippen LogP contribution in [-0.4, -0.2) is 34.1 Å². The Morgan fingerprint density at radius 2 is 1.73 bits per heavy atom. The molecule has 134 valence electrons. The number of phenolic OH excluding ortho intramolecular Hbond substituents is 2. The number of aliphatic hydroxyl groups excluding tert-OH is 1. The zero-order chi connectivity index (χ0) is 19.0. The Morgan fingerprint density at radius 3 is 2.31 bits per heavy atom. The van der Waals surface area contributed by atoms with E-state index >= 15 is 0 Å². The van der Waals surface area contributed by atoms with Crippen LogP contribution in [0.3, 0.4) is 0 Å². The van der Waals surface area contributed by atoms with E-state index in [4.69, 9.17) is 4.74 Å². The van der Waals surface area contributed by atoms with Gasteiger partial charge >= 0.3 is 0 Å². The molecule has 1 atom stereocenters. The van der Waals surface area contributed by atoms with E-state index in [-0.39, 0.29) is 22.8 Å². The van der Waals surface area contributed by atoms with Gasteiger partial charge in [0, 0.05) is 5.69 Å². The highest BCUT2D eigenvalue weighted by atomic mass is 16.5. The topological polar surface area (TPSA) is 107 Å². The van der Waals surface area contributed by atoms with E-state index in [9.17, 15) is 24.9 Å². The van der Waals surface area contributed by atoms with Crippen molar-refractivity contribution >= 4 is 17.4 Å². The zero-order valence-electron chi connectivity index (χ0n) is 14.1. The molecule has 0 bridgehead atoms. The molecular formula is C19H17NO6. The van der Waals surface area contributed by atoms with Crippen molar-refractivity contribution in [2.45, 2.75) is 13.0 Å². The lowest BCUT2D eigenvalue weighted by Gasteiger charge is -2.27. The normalized spacial score (nSPS) is 16.9. The highest BCUT2D eigenvalue weighted by molar-refractivity contribution is 6.16. The highest BCUT2D eigenvalue weighted by Gasteiger charge is 2.43. The lowest BCUT2D eigenvalue weighted by molar-refractivity contribution is -0.117. The number of aromatic hydroxyl groups is 2. The van der Waals surface area contributed by atoms with Gasteiger partial charge in [0.05, 0.1) is 18.7 Å². The maximum atomic E-state index is 12.6. The quantitative estimate of drug-likeness (QED) is 0.778. The van der Waals surface area contributed by atoms with Gasteiger partial charge in [-0.15, -0.1) is 0 Å². The summed E-state index contributed by atoms with van der Waals surface area (Å²) in [6.45, 7) is 1.27. The molecule has 2 aromatic rings. The van der Waals surface area contributed by atoms with Crippen LogP contribution in [0.5, 0.6) is 17.2 Å². The van der Waals surface area contributed by atoms with Gasteiger partial charge in [0.2, 0.25) is 0 Å². The Hall–Kier alpha value is -3.48. The molecule has 3 rings (SSSR count). The number of hydrogen-bond donors (Lipinski definition) is 3. The van der Waals surface area contributed by atoms with Crippen molar-refractivity contribution in [2.24, 2.45) is 0 Å². The third kappa shape index (κ3) is 2.73. The average Bonchev–Trinajstić information content (AvgIpc) is 2.88. The Bertz CT molecular complexity index is 916. The number of benzene rings is 2. The molecule has 0 unspecified atom stereocenters. The van der Waals surface area contributed by atoms with E-state index in [2.05, 4.69) is 0 Å². The van der Waals surface area contributed by atoms with E-state index < -0.39 is 23.5 Å². The van der Waals surface area contributed by atoms with Gasteiger partial charge in [-0.05, 0) is 48.9 Å². The first-order valence-corrected chi connectivity index (χ1v) is 7.78. The summed E-state index contributed by atoms with van der Waals surface area (Å²) < 4.78 is 5.10. The minimum absolute atomic E-state index is 0.0206. The van der Waals surface area contributed by atoms with Crippen LogP contribution in [0.25, 0.3) is 0 Å². The summed E-state index contributed by atoms with van der Waals surface area (Å²) in [6.07, 6.45) is 0. The van der Waals surface area contributed by atoms with Crippen LogP contribution in [0.1, 0.15) is 18.5 Å². The second-order valence-corrected chi connectivity index (χ2v) is 5.84. The Morgan fingerprint density at radius 1 is 1.08 bits per heavy atom. The van der Waals surface area contributed by atoms with Crippen molar-refractivity contribution in [3.8, 4) is 17.2 Å². The van der Waals surface area contributed by atoms with Crippen molar-refractivity contribution < 1.29 is 29.6 Å². The van der Waals surface area contributed by atoms with Crippen LogP contribution in [0, 0.1) is 0 Å². The maximum Gasteiger partial charge on any atom is 0.294 e. The molecule has 1 amide bonds. The molecular weight excluding hydrogens is 338 g/mol. The first kappa shape index (κ1) is 17.3. The van der Waals surface area contributed by atoms with Gasteiger partial charge in [-0.3, -0.25) is 14.5 Å². The minimum atomic E-state index is -0.890. The van der Waals surface area contributed by atoms with E-state index in [0.29, 0.717) is 11.3 Å². The number of rotatable bonds is 4. The number of carbonyl (C=O) groups is 2. The summed E-state index contributed by atoms with van der Waals surface area (Å²) in [5.41, 5.74) is 0.832. The van der Waals surface area contributed by atoms with Crippen molar-refractivity contribution in [2.75, 3.05) is 12.0 Å². The number of carbonyl (C=O) groups excluding carboxylic acids is 2.